The van der Waals surface area contributed by atoms with Gasteiger partial charge in [0.25, 0.3) is 0 Å². The Hall–Kier alpha value is -2.03. The SMILES string of the molecule is COc1ccc2c3c1O[C@H]1C4(OC)C=C[C@@]5(C[C@@H]4C#N)[C@@H](C2)N(C)CC[C@]315. The number of likely N-dealkylation sites (tertiary alicyclic amines) is 1. The molecule has 5 heteroatoms. The standard InChI is InChI=1S/C22H24N2O3/c1-24-9-8-21-17-13-4-5-15(25-2)18(17)27-19(21)22(26-3)7-6-20(21,16(24)10-13)11-14(22)12-23/h4-7,14,16,19H,8-11H2,1-3H3/t14-,16-,19-,20-,21+,22?/m1/s1. The van der Waals surface area contributed by atoms with Gasteiger partial charge in [-0.2, -0.15) is 5.26 Å². The molecule has 0 radical (unpaired) electrons. The van der Waals surface area contributed by atoms with E-state index >= 15 is 0 Å². The maximum absolute atomic E-state index is 10.0. The predicted molar refractivity (Wildman–Crippen MR) is 98.9 cm³/mol. The van der Waals surface area contributed by atoms with Gasteiger partial charge < -0.3 is 19.1 Å². The molecule has 6 aliphatic rings. The van der Waals surface area contributed by atoms with Gasteiger partial charge in [-0.05, 0) is 44.5 Å². The lowest BCUT2D eigenvalue weighted by atomic mass is 9.37. The molecule has 5 nitrogen and oxygen atoms in total. The molecular formula is C22H24N2O3. The summed E-state index contributed by atoms with van der Waals surface area (Å²) in [5.74, 6) is 1.47. The number of hydrogen-bond acceptors (Lipinski definition) is 5. The van der Waals surface area contributed by atoms with Crippen molar-refractivity contribution >= 4 is 0 Å². The topological polar surface area (TPSA) is 54.7 Å². The van der Waals surface area contributed by atoms with Crippen molar-refractivity contribution in [3.63, 3.8) is 0 Å². The van der Waals surface area contributed by atoms with E-state index in [4.69, 9.17) is 14.2 Å². The number of methoxy groups -OCH3 is 2. The van der Waals surface area contributed by atoms with E-state index in [-0.39, 0.29) is 22.9 Å². The van der Waals surface area contributed by atoms with Crippen LogP contribution in [0.3, 0.4) is 0 Å². The van der Waals surface area contributed by atoms with Crippen molar-refractivity contribution < 1.29 is 14.2 Å². The lowest BCUT2D eigenvalue weighted by Gasteiger charge is -2.70. The van der Waals surface area contributed by atoms with E-state index in [0.29, 0.717) is 6.04 Å². The van der Waals surface area contributed by atoms with Crippen molar-refractivity contribution in [1.82, 2.24) is 4.90 Å². The molecule has 4 bridgehead atoms. The minimum atomic E-state index is -0.699. The van der Waals surface area contributed by atoms with Crippen molar-refractivity contribution in [3.05, 3.63) is 35.4 Å². The fourth-order valence-electron chi connectivity index (χ4n) is 7.35. The smallest absolute Gasteiger partial charge is 0.166 e. The highest BCUT2D eigenvalue weighted by Gasteiger charge is 2.79. The summed E-state index contributed by atoms with van der Waals surface area (Å²) in [4.78, 5) is 2.50. The quantitative estimate of drug-likeness (QED) is 0.755. The second-order valence-electron chi connectivity index (χ2n) is 8.87. The molecule has 7 rings (SSSR count). The van der Waals surface area contributed by atoms with Gasteiger partial charge in [-0.3, -0.25) is 0 Å². The molecule has 1 unspecified atom stereocenters. The molecule has 1 saturated heterocycles. The number of nitrogens with zero attached hydrogens (tertiary/aromatic N) is 2. The third kappa shape index (κ3) is 1.40. The Morgan fingerprint density at radius 2 is 2.15 bits per heavy atom. The summed E-state index contributed by atoms with van der Waals surface area (Å²) in [6.45, 7) is 1.03. The maximum atomic E-state index is 10.0. The molecule has 1 saturated carbocycles. The predicted octanol–water partition coefficient (Wildman–Crippen LogP) is 2.44. The van der Waals surface area contributed by atoms with E-state index in [1.54, 1.807) is 14.2 Å². The zero-order chi connectivity index (χ0) is 18.6. The zero-order valence-electron chi connectivity index (χ0n) is 16.0. The van der Waals surface area contributed by atoms with Crippen LogP contribution in [0, 0.1) is 22.7 Å². The summed E-state index contributed by atoms with van der Waals surface area (Å²) in [6.07, 6.45) is 7.21. The number of nitriles is 1. The van der Waals surface area contributed by atoms with Gasteiger partial charge in [-0.15, -0.1) is 0 Å². The fraction of sp³-hybridized carbons (Fsp3) is 0.591. The summed E-state index contributed by atoms with van der Waals surface area (Å²) in [6, 6.07) is 7.20. The Bertz CT molecular complexity index is 936. The number of piperidine rings is 1. The van der Waals surface area contributed by atoms with Gasteiger partial charge in [0, 0.05) is 24.1 Å². The number of likely N-dealkylation sites (N-methyl/N-ethyl adjacent to an activating group) is 1. The van der Waals surface area contributed by atoms with Gasteiger partial charge in [-0.1, -0.05) is 18.2 Å². The van der Waals surface area contributed by atoms with Gasteiger partial charge in [0.15, 0.2) is 11.5 Å². The molecule has 2 heterocycles. The average Bonchev–Trinajstić information content (AvgIpc) is 3.07. The summed E-state index contributed by atoms with van der Waals surface area (Å²) in [5, 5.41) is 10.0. The van der Waals surface area contributed by atoms with Crippen molar-refractivity contribution in [2.75, 3.05) is 27.8 Å². The van der Waals surface area contributed by atoms with Crippen LogP contribution in [0.15, 0.2) is 24.3 Å². The average molecular weight is 364 g/mol. The van der Waals surface area contributed by atoms with E-state index in [1.165, 1.54) is 11.1 Å². The van der Waals surface area contributed by atoms with Gasteiger partial charge in [-0.25, -0.2) is 0 Å². The Labute approximate surface area is 159 Å². The highest BCUT2D eigenvalue weighted by molar-refractivity contribution is 5.65. The number of hydrogen-bond donors (Lipinski definition) is 0. The van der Waals surface area contributed by atoms with E-state index in [2.05, 4.69) is 36.2 Å². The lowest BCUT2D eigenvalue weighted by Crippen LogP contribution is -2.78. The normalized spacial score (nSPS) is 45.2. The summed E-state index contributed by atoms with van der Waals surface area (Å²) in [5.41, 5.74) is 1.78. The van der Waals surface area contributed by atoms with Crippen LogP contribution < -0.4 is 9.47 Å². The van der Waals surface area contributed by atoms with Crippen molar-refractivity contribution in [1.29, 1.82) is 5.26 Å². The molecule has 27 heavy (non-hydrogen) atoms. The number of benzene rings is 1. The molecule has 140 valence electrons. The second-order valence-corrected chi connectivity index (χ2v) is 8.87. The monoisotopic (exact) mass is 364 g/mol. The number of fused-ring (bicyclic) bond motifs is 1. The van der Waals surface area contributed by atoms with E-state index in [1.807, 2.05) is 6.07 Å². The van der Waals surface area contributed by atoms with Gasteiger partial charge >= 0.3 is 0 Å². The first-order valence-electron chi connectivity index (χ1n) is 9.80. The van der Waals surface area contributed by atoms with Crippen LogP contribution >= 0.6 is 0 Å². The summed E-state index contributed by atoms with van der Waals surface area (Å²) >= 11 is 0. The van der Waals surface area contributed by atoms with Crippen molar-refractivity contribution in [2.24, 2.45) is 11.3 Å². The van der Waals surface area contributed by atoms with Crippen LogP contribution in [0.25, 0.3) is 0 Å². The molecule has 1 aromatic carbocycles. The lowest BCUT2D eigenvalue weighted by molar-refractivity contribution is -0.203. The van der Waals surface area contributed by atoms with Crippen LogP contribution in [0.2, 0.25) is 0 Å². The van der Waals surface area contributed by atoms with E-state index in [9.17, 15) is 5.26 Å². The highest BCUT2D eigenvalue weighted by Crippen LogP contribution is 2.74. The first-order valence-corrected chi connectivity index (χ1v) is 9.80. The molecule has 0 amide bonds. The highest BCUT2D eigenvalue weighted by atomic mass is 16.6. The first kappa shape index (κ1) is 16.0. The third-order valence-electron chi connectivity index (χ3n) is 8.43. The molecule has 1 aromatic rings. The fourth-order valence-corrected chi connectivity index (χ4v) is 7.35. The van der Waals surface area contributed by atoms with Crippen molar-refractivity contribution in [3.8, 4) is 17.6 Å². The summed E-state index contributed by atoms with van der Waals surface area (Å²) < 4.78 is 18.5. The van der Waals surface area contributed by atoms with Gasteiger partial charge in [0.05, 0.1) is 24.5 Å². The molecule has 0 aromatic heterocycles. The maximum Gasteiger partial charge on any atom is 0.166 e. The molecule has 4 aliphatic carbocycles. The van der Waals surface area contributed by atoms with Gasteiger partial charge in [0.1, 0.15) is 11.7 Å². The van der Waals surface area contributed by atoms with Crippen molar-refractivity contribution in [2.45, 2.75) is 42.4 Å². The molecule has 6 atom stereocenters. The van der Waals surface area contributed by atoms with Gasteiger partial charge in [0.2, 0.25) is 0 Å². The molecule has 2 aliphatic heterocycles. The molecule has 0 N–H and O–H groups in total. The minimum absolute atomic E-state index is 0.0873. The second kappa shape index (κ2) is 4.68. The van der Waals surface area contributed by atoms with E-state index < -0.39 is 5.60 Å². The Morgan fingerprint density at radius 1 is 1.30 bits per heavy atom. The Morgan fingerprint density at radius 3 is 2.89 bits per heavy atom. The largest absolute Gasteiger partial charge is 0.493 e. The minimum Gasteiger partial charge on any atom is -0.493 e. The first-order chi connectivity index (χ1) is 13.1. The third-order valence-corrected chi connectivity index (χ3v) is 8.43. The molecule has 2 spiro atoms. The van der Waals surface area contributed by atoms with E-state index in [0.717, 1.165) is 37.3 Å². The molecule has 2 fully saturated rings. The number of rotatable bonds is 2. The number of ether oxygens (including phenoxy) is 3. The van der Waals surface area contributed by atoms with Crippen LogP contribution in [-0.2, 0) is 16.6 Å². The Kier molecular flexibility index (Phi) is 2.77. The van der Waals surface area contributed by atoms with Crippen LogP contribution in [0.1, 0.15) is 24.0 Å². The Balaban J connectivity index is 1.73. The molecular weight excluding hydrogens is 340 g/mol. The van der Waals surface area contributed by atoms with Crippen LogP contribution in [-0.4, -0.2) is 50.5 Å². The van der Waals surface area contributed by atoms with Crippen LogP contribution in [0.4, 0.5) is 0 Å². The summed E-state index contributed by atoms with van der Waals surface area (Å²) in [7, 11) is 5.66. The van der Waals surface area contributed by atoms with Crippen LogP contribution in [0.5, 0.6) is 11.5 Å². The zero-order valence-corrected chi connectivity index (χ0v) is 16.0.